The number of carboxylic acids is 1. The Morgan fingerprint density at radius 2 is 2.35 bits per heavy atom. The van der Waals surface area contributed by atoms with Crippen molar-refractivity contribution in [2.24, 2.45) is 5.92 Å². The lowest BCUT2D eigenvalue weighted by Crippen LogP contribution is -2.16. The van der Waals surface area contributed by atoms with Gasteiger partial charge in [-0.3, -0.25) is 4.98 Å². The molecular weight excluding hydrogens is 220 g/mol. The Hall–Kier alpha value is -1.62. The first kappa shape index (κ1) is 13.4. The summed E-state index contributed by atoms with van der Waals surface area (Å²) >= 11 is 0. The molecule has 0 spiro atoms. The Morgan fingerprint density at radius 3 is 2.94 bits per heavy atom. The average molecular weight is 238 g/mol. The monoisotopic (exact) mass is 238 g/mol. The third-order valence-electron chi connectivity index (χ3n) is 2.75. The van der Waals surface area contributed by atoms with Gasteiger partial charge in [0, 0.05) is 25.5 Å². The maximum absolute atomic E-state index is 10.9. The third-order valence-corrected chi connectivity index (χ3v) is 2.75. The first-order valence-electron chi connectivity index (χ1n) is 5.71. The van der Waals surface area contributed by atoms with E-state index in [1.54, 1.807) is 12.3 Å². The summed E-state index contributed by atoms with van der Waals surface area (Å²) in [6.07, 6.45) is 4.55. The minimum atomic E-state index is -0.990. The lowest BCUT2D eigenvalue weighted by atomic mass is 10.0. The summed E-state index contributed by atoms with van der Waals surface area (Å²) in [5, 5.41) is 20.9. The summed E-state index contributed by atoms with van der Waals surface area (Å²) in [4.78, 5) is 14.7. The Morgan fingerprint density at radius 1 is 1.59 bits per heavy atom. The largest absolute Gasteiger partial charge is 0.478 e. The molecule has 0 saturated carbocycles. The van der Waals surface area contributed by atoms with Crippen molar-refractivity contribution in [1.29, 1.82) is 0 Å². The van der Waals surface area contributed by atoms with Gasteiger partial charge in [0.1, 0.15) is 5.56 Å². The molecule has 1 rings (SSSR count). The van der Waals surface area contributed by atoms with E-state index in [1.807, 2.05) is 6.92 Å². The number of aliphatic hydroxyl groups excluding tert-OH is 1. The maximum atomic E-state index is 10.9. The molecule has 0 bridgehead atoms. The van der Waals surface area contributed by atoms with Gasteiger partial charge in [0.2, 0.25) is 0 Å². The molecule has 1 aromatic heterocycles. The van der Waals surface area contributed by atoms with Gasteiger partial charge in [0.25, 0.3) is 0 Å². The van der Waals surface area contributed by atoms with Crippen LogP contribution in [0.3, 0.4) is 0 Å². The van der Waals surface area contributed by atoms with Gasteiger partial charge in [-0.05, 0) is 18.4 Å². The van der Waals surface area contributed by atoms with Crippen LogP contribution in [0.25, 0.3) is 0 Å². The van der Waals surface area contributed by atoms with Crippen LogP contribution in [0.15, 0.2) is 18.5 Å². The fourth-order valence-corrected chi connectivity index (χ4v) is 1.61. The van der Waals surface area contributed by atoms with Crippen molar-refractivity contribution in [3.05, 3.63) is 24.0 Å². The smallest absolute Gasteiger partial charge is 0.339 e. The minimum absolute atomic E-state index is 0.155. The van der Waals surface area contributed by atoms with Crippen molar-refractivity contribution < 1.29 is 15.0 Å². The van der Waals surface area contributed by atoms with E-state index in [0.29, 0.717) is 18.2 Å². The predicted octanol–water partition coefficient (Wildman–Crippen LogP) is 1.60. The minimum Gasteiger partial charge on any atom is -0.478 e. The highest BCUT2D eigenvalue weighted by atomic mass is 16.4. The second kappa shape index (κ2) is 6.85. The van der Waals surface area contributed by atoms with Gasteiger partial charge in [-0.15, -0.1) is 0 Å². The van der Waals surface area contributed by atoms with Gasteiger partial charge in [-0.1, -0.05) is 13.3 Å². The number of nitrogens with one attached hydrogen (secondary N) is 1. The van der Waals surface area contributed by atoms with Crippen LogP contribution in [0, 0.1) is 5.92 Å². The van der Waals surface area contributed by atoms with Crippen molar-refractivity contribution in [2.75, 3.05) is 18.5 Å². The average Bonchev–Trinajstić information content (AvgIpc) is 2.34. The van der Waals surface area contributed by atoms with E-state index in [1.165, 1.54) is 6.20 Å². The van der Waals surface area contributed by atoms with E-state index in [2.05, 4.69) is 10.3 Å². The van der Waals surface area contributed by atoms with E-state index in [0.717, 1.165) is 12.8 Å². The maximum Gasteiger partial charge on any atom is 0.339 e. The number of aromatic carboxylic acids is 1. The first-order valence-corrected chi connectivity index (χ1v) is 5.71. The Labute approximate surface area is 101 Å². The molecule has 0 aliphatic carbocycles. The molecule has 0 amide bonds. The molecular formula is C12H18N2O3. The van der Waals surface area contributed by atoms with E-state index >= 15 is 0 Å². The fraction of sp³-hybridized carbons (Fsp3) is 0.500. The van der Waals surface area contributed by atoms with Crippen LogP contribution < -0.4 is 5.32 Å². The Bertz CT molecular complexity index is 369. The Kier molecular flexibility index (Phi) is 5.42. The molecule has 1 unspecified atom stereocenters. The fourth-order valence-electron chi connectivity index (χ4n) is 1.61. The van der Waals surface area contributed by atoms with E-state index in [-0.39, 0.29) is 12.2 Å². The number of hydrogen-bond donors (Lipinski definition) is 3. The molecule has 1 atom stereocenters. The summed E-state index contributed by atoms with van der Waals surface area (Å²) < 4.78 is 0. The number of hydrogen-bond acceptors (Lipinski definition) is 4. The van der Waals surface area contributed by atoms with Crippen molar-refractivity contribution in [1.82, 2.24) is 4.98 Å². The highest BCUT2D eigenvalue weighted by Crippen LogP contribution is 2.15. The van der Waals surface area contributed by atoms with Gasteiger partial charge in [-0.2, -0.15) is 0 Å². The van der Waals surface area contributed by atoms with Crippen molar-refractivity contribution >= 4 is 11.7 Å². The SMILES string of the molecule is CCC(CCO)CNc1ccncc1C(=O)O. The second-order valence-electron chi connectivity index (χ2n) is 3.89. The van der Waals surface area contributed by atoms with Gasteiger partial charge < -0.3 is 15.5 Å². The molecule has 1 aromatic rings. The van der Waals surface area contributed by atoms with Gasteiger partial charge in [0.15, 0.2) is 0 Å². The lowest BCUT2D eigenvalue weighted by molar-refractivity contribution is 0.0697. The highest BCUT2D eigenvalue weighted by molar-refractivity contribution is 5.93. The molecule has 0 aromatic carbocycles. The zero-order valence-electron chi connectivity index (χ0n) is 9.89. The summed E-state index contributed by atoms with van der Waals surface area (Å²) in [5.74, 6) is -0.648. The van der Waals surface area contributed by atoms with Gasteiger partial charge >= 0.3 is 5.97 Å². The summed E-state index contributed by atoms with van der Waals surface area (Å²) in [7, 11) is 0. The number of anilines is 1. The number of rotatable bonds is 7. The zero-order valence-corrected chi connectivity index (χ0v) is 9.89. The molecule has 94 valence electrons. The topological polar surface area (TPSA) is 82.5 Å². The summed E-state index contributed by atoms with van der Waals surface area (Å²) in [5.41, 5.74) is 0.746. The van der Waals surface area contributed by atoms with Gasteiger partial charge in [-0.25, -0.2) is 4.79 Å². The van der Waals surface area contributed by atoms with Crippen LogP contribution in [0.4, 0.5) is 5.69 Å². The van der Waals surface area contributed by atoms with Gasteiger partial charge in [0.05, 0.1) is 5.69 Å². The molecule has 0 radical (unpaired) electrons. The number of aromatic nitrogens is 1. The van der Waals surface area contributed by atoms with Crippen LogP contribution in [0.5, 0.6) is 0 Å². The van der Waals surface area contributed by atoms with Crippen LogP contribution in [0.2, 0.25) is 0 Å². The zero-order chi connectivity index (χ0) is 12.7. The molecule has 0 fully saturated rings. The van der Waals surface area contributed by atoms with E-state index in [4.69, 9.17) is 10.2 Å². The van der Waals surface area contributed by atoms with E-state index in [9.17, 15) is 4.79 Å². The molecule has 0 aliphatic heterocycles. The van der Waals surface area contributed by atoms with Crippen LogP contribution in [0.1, 0.15) is 30.1 Å². The number of nitrogens with zero attached hydrogens (tertiary/aromatic N) is 1. The van der Waals surface area contributed by atoms with Crippen molar-refractivity contribution in [3.8, 4) is 0 Å². The lowest BCUT2D eigenvalue weighted by Gasteiger charge is -2.16. The highest BCUT2D eigenvalue weighted by Gasteiger charge is 2.11. The Balaban J connectivity index is 2.65. The number of aliphatic hydroxyl groups is 1. The number of pyridine rings is 1. The molecule has 17 heavy (non-hydrogen) atoms. The van der Waals surface area contributed by atoms with Crippen LogP contribution in [-0.4, -0.2) is 34.3 Å². The third kappa shape index (κ3) is 4.03. The number of carbonyl (C=O) groups is 1. The normalized spacial score (nSPS) is 12.1. The molecule has 1 heterocycles. The summed E-state index contributed by atoms with van der Waals surface area (Å²) in [6.45, 7) is 2.86. The quantitative estimate of drug-likeness (QED) is 0.672. The second-order valence-corrected chi connectivity index (χ2v) is 3.89. The standard InChI is InChI=1S/C12H18N2O3/c1-2-9(4-6-15)7-14-11-3-5-13-8-10(11)12(16)17/h3,5,8-9,15H,2,4,6-7H2,1H3,(H,13,14)(H,16,17). The van der Waals surface area contributed by atoms with Crippen molar-refractivity contribution in [2.45, 2.75) is 19.8 Å². The molecule has 3 N–H and O–H groups in total. The molecule has 0 saturated heterocycles. The van der Waals surface area contributed by atoms with Crippen LogP contribution >= 0.6 is 0 Å². The van der Waals surface area contributed by atoms with Crippen LogP contribution in [-0.2, 0) is 0 Å². The van der Waals surface area contributed by atoms with Crippen molar-refractivity contribution in [3.63, 3.8) is 0 Å². The number of carboxylic acid groups (broad SMARTS) is 1. The van der Waals surface area contributed by atoms with E-state index < -0.39 is 5.97 Å². The molecule has 5 heteroatoms. The first-order chi connectivity index (χ1) is 8.19. The molecule has 0 aliphatic rings. The summed E-state index contributed by atoms with van der Waals surface area (Å²) in [6, 6.07) is 1.65. The predicted molar refractivity (Wildman–Crippen MR) is 65.2 cm³/mol. The molecule has 5 nitrogen and oxygen atoms in total.